The summed E-state index contributed by atoms with van der Waals surface area (Å²) in [7, 11) is 0. The summed E-state index contributed by atoms with van der Waals surface area (Å²) in [6.07, 6.45) is 3.75. The third-order valence-electron chi connectivity index (χ3n) is 3.25. The van der Waals surface area contributed by atoms with E-state index >= 15 is 0 Å². The van der Waals surface area contributed by atoms with Gasteiger partial charge in [-0.3, -0.25) is 4.79 Å². The Balaban J connectivity index is 2.06. The number of benzene rings is 1. The molecule has 0 radical (unpaired) electrons. The lowest BCUT2D eigenvalue weighted by atomic mass is 9.93. The minimum absolute atomic E-state index is 0.282. The number of hydrogen-bond donors (Lipinski definition) is 1. The van der Waals surface area contributed by atoms with Crippen molar-refractivity contribution in [2.45, 2.75) is 39.2 Å². The molecule has 0 heterocycles. The first-order valence-corrected chi connectivity index (χ1v) is 6.34. The van der Waals surface area contributed by atoms with Crippen LogP contribution in [-0.4, -0.2) is 5.78 Å². The zero-order valence-corrected chi connectivity index (χ0v) is 10.3. The number of carbonyl (C=O) groups excluding carboxylic acids is 1. The van der Waals surface area contributed by atoms with E-state index in [0.29, 0.717) is 6.42 Å². The standard InChI is InChI=1S/C15H19NO/c1-2-13-9-6-10-14(17)15(13)16-11-12-7-4-3-5-8-12/h3-5,7-8,16H,2,6,9-11H2,1H3. The van der Waals surface area contributed by atoms with E-state index in [1.807, 2.05) is 18.2 Å². The van der Waals surface area contributed by atoms with Crippen LogP contribution in [0.5, 0.6) is 0 Å². The number of nitrogens with one attached hydrogen (secondary N) is 1. The summed E-state index contributed by atoms with van der Waals surface area (Å²) >= 11 is 0. The molecule has 90 valence electrons. The van der Waals surface area contributed by atoms with Crippen molar-refractivity contribution in [3.63, 3.8) is 0 Å². The first-order valence-electron chi connectivity index (χ1n) is 6.34. The van der Waals surface area contributed by atoms with E-state index < -0.39 is 0 Å². The summed E-state index contributed by atoms with van der Waals surface area (Å²) < 4.78 is 0. The monoisotopic (exact) mass is 229 g/mol. The van der Waals surface area contributed by atoms with E-state index in [2.05, 4.69) is 24.4 Å². The van der Waals surface area contributed by atoms with Crippen molar-refractivity contribution in [3.8, 4) is 0 Å². The Morgan fingerprint density at radius 1 is 1.18 bits per heavy atom. The molecule has 1 aromatic rings. The maximum absolute atomic E-state index is 11.9. The van der Waals surface area contributed by atoms with E-state index in [-0.39, 0.29) is 5.78 Å². The minimum Gasteiger partial charge on any atom is -0.378 e. The Hall–Kier alpha value is -1.57. The van der Waals surface area contributed by atoms with Crippen LogP contribution in [-0.2, 0) is 11.3 Å². The van der Waals surface area contributed by atoms with Gasteiger partial charge in [0.1, 0.15) is 0 Å². The van der Waals surface area contributed by atoms with Gasteiger partial charge in [-0.05, 0) is 30.4 Å². The van der Waals surface area contributed by atoms with Gasteiger partial charge in [0.15, 0.2) is 5.78 Å². The highest BCUT2D eigenvalue weighted by Crippen LogP contribution is 2.22. The van der Waals surface area contributed by atoms with Gasteiger partial charge < -0.3 is 5.32 Å². The molecule has 1 aliphatic rings. The lowest BCUT2D eigenvalue weighted by Crippen LogP contribution is -2.24. The van der Waals surface area contributed by atoms with Gasteiger partial charge in [-0.1, -0.05) is 37.3 Å². The quantitative estimate of drug-likeness (QED) is 0.859. The molecular weight excluding hydrogens is 210 g/mol. The predicted molar refractivity (Wildman–Crippen MR) is 69.5 cm³/mol. The number of carbonyl (C=O) groups is 1. The Bertz CT molecular complexity index is 420. The van der Waals surface area contributed by atoms with Crippen LogP contribution < -0.4 is 5.32 Å². The highest BCUT2D eigenvalue weighted by atomic mass is 16.1. The van der Waals surface area contributed by atoms with Crippen LogP contribution >= 0.6 is 0 Å². The Morgan fingerprint density at radius 2 is 1.94 bits per heavy atom. The SMILES string of the molecule is CCC1=C(NCc2ccccc2)C(=O)CCC1. The average Bonchev–Trinajstić information content (AvgIpc) is 2.38. The molecule has 1 aromatic carbocycles. The summed E-state index contributed by atoms with van der Waals surface area (Å²) in [6.45, 7) is 2.86. The number of hydrogen-bond acceptors (Lipinski definition) is 2. The molecular formula is C15H19NO. The van der Waals surface area contributed by atoms with Crippen LogP contribution in [0.2, 0.25) is 0 Å². The molecule has 0 amide bonds. The molecule has 1 N–H and O–H groups in total. The fourth-order valence-electron chi connectivity index (χ4n) is 2.27. The molecule has 2 rings (SSSR count). The molecule has 0 fully saturated rings. The Morgan fingerprint density at radius 3 is 2.65 bits per heavy atom. The van der Waals surface area contributed by atoms with Crippen molar-refractivity contribution < 1.29 is 4.79 Å². The molecule has 17 heavy (non-hydrogen) atoms. The fourth-order valence-corrected chi connectivity index (χ4v) is 2.27. The second kappa shape index (κ2) is 5.67. The lowest BCUT2D eigenvalue weighted by Gasteiger charge is -2.19. The van der Waals surface area contributed by atoms with Crippen LogP contribution in [0, 0.1) is 0 Å². The molecule has 2 nitrogen and oxygen atoms in total. The second-order valence-corrected chi connectivity index (χ2v) is 4.45. The number of rotatable bonds is 4. The van der Waals surface area contributed by atoms with Crippen LogP contribution in [0.4, 0.5) is 0 Å². The second-order valence-electron chi connectivity index (χ2n) is 4.45. The average molecular weight is 229 g/mol. The van der Waals surface area contributed by atoms with Gasteiger partial charge in [0.25, 0.3) is 0 Å². The van der Waals surface area contributed by atoms with E-state index in [1.54, 1.807) is 0 Å². The van der Waals surface area contributed by atoms with Crippen molar-refractivity contribution in [1.82, 2.24) is 5.32 Å². The van der Waals surface area contributed by atoms with Crippen molar-refractivity contribution in [3.05, 3.63) is 47.2 Å². The van der Waals surface area contributed by atoms with Gasteiger partial charge in [-0.2, -0.15) is 0 Å². The number of Topliss-reactive ketones (excluding diaryl/α,β-unsaturated/α-hetero) is 1. The van der Waals surface area contributed by atoms with Gasteiger partial charge in [-0.25, -0.2) is 0 Å². The van der Waals surface area contributed by atoms with Gasteiger partial charge >= 0.3 is 0 Å². The Kier molecular flexibility index (Phi) is 3.97. The Labute approximate surface area is 103 Å². The molecule has 1 aliphatic carbocycles. The highest BCUT2D eigenvalue weighted by molar-refractivity contribution is 5.96. The molecule has 0 bridgehead atoms. The smallest absolute Gasteiger partial charge is 0.178 e. The van der Waals surface area contributed by atoms with Crippen LogP contribution in [0.15, 0.2) is 41.6 Å². The van der Waals surface area contributed by atoms with E-state index in [0.717, 1.165) is 31.5 Å². The van der Waals surface area contributed by atoms with Crippen LogP contribution in [0.25, 0.3) is 0 Å². The maximum Gasteiger partial charge on any atom is 0.178 e. The third-order valence-corrected chi connectivity index (χ3v) is 3.25. The molecule has 0 unspecified atom stereocenters. The normalized spacial score (nSPS) is 16.2. The molecule has 0 spiro atoms. The summed E-state index contributed by atoms with van der Waals surface area (Å²) in [5.74, 6) is 0.282. The van der Waals surface area contributed by atoms with Crippen molar-refractivity contribution >= 4 is 5.78 Å². The lowest BCUT2D eigenvalue weighted by molar-refractivity contribution is -0.116. The zero-order valence-electron chi connectivity index (χ0n) is 10.3. The highest BCUT2D eigenvalue weighted by Gasteiger charge is 2.18. The van der Waals surface area contributed by atoms with E-state index in [4.69, 9.17) is 0 Å². The molecule has 0 saturated heterocycles. The topological polar surface area (TPSA) is 29.1 Å². The predicted octanol–water partition coefficient (Wildman–Crippen LogP) is 3.19. The third kappa shape index (κ3) is 2.96. The van der Waals surface area contributed by atoms with E-state index in [9.17, 15) is 4.79 Å². The first-order chi connectivity index (χ1) is 8.31. The molecule has 0 aliphatic heterocycles. The van der Waals surface area contributed by atoms with Gasteiger partial charge in [-0.15, -0.1) is 0 Å². The van der Waals surface area contributed by atoms with Gasteiger partial charge in [0, 0.05) is 13.0 Å². The molecule has 0 aromatic heterocycles. The molecule has 0 atom stereocenters. The van der Waals surface area contributed by atoms with Crippen molar-refractivity contribution in [2.24, 2.45) is 0 Å². The van der Waals surface area contributed by atoms with E-state index in [1.165, 1.54) is 11.1 Å². The number of allylic oxidation sites excluding steroid dienone is 2. The van der Waals surface area contributed by atoms with Gasteiger partial charge in [0.2, 0.25) is 0 Å². The minimum atomic E-state index is 0.282. The summed E-state index contributed by atoms with van der Waals surface area (Å²) in [5, 5.41) is 3.32. The first kappa shape index (κ1) is 11.9. The van der Waals surface area contributed by atoms with Crippen molar-refractivity contribution in [2.75, 3.05) is 0 Å². The summed E-state index contributed by atoms with van der Waals surface area (Å²) in [5.41, 5.74) is 3.38. The van der Waals surface area contributed by atoms with Gasteiger partial charge in [0.05, 0.1) is 5.70 Å². The maximum atomic E-state index is 11.9. The molecule has 2 heteroatoms. The summed E-state index contributed by atoms with van der Waals surface area (Å²) in [6, 6.07) is 10.2. The van der Waals surface area contributed by atoms with Crippen molar-refractivity contribution in [1.29, 1.82) is 0 Å². The van der Waals surface area contributed by atoms with Crippen LogP contribution in [0.3, 0.4) is 0 Å². The zero-order chi connectivity index (χ0) is 12.1. The fraction of sp³-hybridized carbons (Fsp3) is 0.400. The largest absolute Gasteiger partial charge is 0.378 e. The van der Waals surface area contributed by atoms with Crippen LogP contribution in [0.1, 0.15) is 38.2 Å². The number of ketones is 1. The molecule has 0 saturated carbocycles. The summed E-state index contributed by atoms with van der Waals surface area (Å²) in [4.78, 5) is 11.9.